The van der Waals surface area contributed by atoms with Gasteiger partial charge in [-0.1, -0.05) is 29.4 Å². The lowest BCUT2D eigenvalue weighted by Crippen LogP contribution is -2.21. The quantitative estimate of drug-likeness (QED) is 0.431. The van der Waals surface area contributed by atoms with Crippen LogP contribution >= 0.6 is 0 Å². The van der Waals surface area contributed by atoms with Crippen LogP contribution < -0.4 is 0 Å². The lowest BCUT2D eigenvalue weighted by Gasteiger charge is -2.16. The summed E-state index contributed by atoms with van der Waals surface area (Å²) in [5.74, 6) is 0. The Morgan fingerprint density at radius 1 is 1.32 bits per heavy atom. The monoisotopic (exact) mass is 259 g/mol. The van der Waals surface area contributed by atoms with Crippen LogP contribution in [0.25, 0.3) is 21.7 Å². The van der Waals surface area contributed by atoms with Crippen molar-refractivity contribution in [2.45, 2.75) is 12.2 Å². The SMILES string of the molecule is [N-]=[N+]=NCC(O)C(O)c1ccc(-c2cnc[nH]2)cc1. The van der Waals surface area contributed by atoms with Gasteiger partial charge in [-0.15, -0.1) is 0 Å². The van der Waals surface area contributed by atoms with E-state index in [2.05, 4.69) is 20.0 Å². The summed E-state index contributed by atoms with van der Waals surface area (Å²) in [4.78, 5) is 9.44. The highest BCUT2D eigenvalue weighted by Crippen LogP contribution is 2.22. The predicted octanol–water partition coefficient (Wildman–Crippen LogP) is 1.78. The molecule has 0 bridgehead atoms. The van der Waals surface area contributed by atoms with Crippen molar-refractivity contribution in [1.29, 1.82) is 0 Å². The Balaban J connectivity index is 2.11. The van der Waals surface area contributed by atoms with E-state index in [1.54, 1.807) is 24.7 Å². The zero-order valence-electron chi connectivity index (χ0n) is 10.0. The molecule has 2 atom stereocenters. The molecule has 0 saturated heterocycles. The van der Waals surface area contributed by atoms with Gasteiger partial charge in [-0.05, 0) is 16.7 Å². The number of aliphatic hydroxyl groups is 2. The summed E-state index contributed by atoms with van der Waals surface area (Å²) in [6.07, 6.45) is 1.08. The van der Waals surface area contributed by atoms with Gasteiger partial charge < -0.3 is 15.2 Å². The lowest BCUT2D eigenvalue weighted by molar-refractivity contribution is 0.0244. The fourth-order valence-electron chi connectivity index (χ4n) is 1.72. The molecule has 98 valence electrons. The second-order valence-corrected chi connectivity index (χ2v) is 4.01. The molecule has 0 aliphatic heterocycles. The third kappa shape index (κ3) is 3.11. The molecular weight excluding hydrogens is 246 g/mol. The maximum absolute atomic E-state index is 9.88. The highest BCUT2D eigenvalue weighted by Gasteiger charge is 2.17. The molecule has 2 rings (SSSR count). The summed E-state index contributed by atoms with van der Waals surface area (Å²) >= 11 is 0. The van der Waals surface area contributed by atoms with Crippen molar-refractivity contribution in [3.8, 4) is 11.3 Å². The van der Waals surface area contributed by atoms with E-state index in [0.717, 1.165) is 11.3 Å². The molecule has 2 unspecified atom stereocenters. The van der Waals surface area contributed by atoms with E-state index in [0.29, 0.717) is 5.56 Å². The Kier molecular flexibility index (Phi) is 4.15. The van der Waals surface area contributed by atoms with Gasteiger partial charge in [0.2, 0.25) is 0 Å². The number of hydrogen-bond donors (Lipinski definition) is 3. The molecule has 7 heteroatoms. The van der Waals surface area contributed by atoms with E-state index in [-0.39, 0.29) is 6.54 Å². The minimum atomic E-state index is -1.12. The number of imidazole rings is 1. The van der Waals surface area contributed by atoms with Crippen LogP contribution in [0.4, 0.5) is 0 Å². The summed E-state index contributed by atoms with van der Waals surface area (Å²) in [6, 6.07) is 7.04. The van der Waals surface area contributed by atoms with Crippen LogP contribution in [-0.4, -0.2) is 32.8 Å². The van der Waals surface area contributed by atoms with Crippen molar-refractivity contribution >= 4 is 0 Å². The van der Waals surface area contributed by atoms with Gasteiger partial charge >= 0.3 is 0 Å². The van der Waals surface area contributed by atoms with Crippen molar-refractivity contribution < 1.29 is 10.2 Å². The molecule has 2 aromatic rings. The minimum absolute atomic E-state index is 0.167. The Bertz CT molecular complexity index is 560. The molecule has 7 nitrogen and oxygen atoms in total. The van der Waals surface area contributed by atoms with Gasteiger partial charge in [-0.3, -0.25) is 0 Å². The summed E-state index contributed by atoms with van der Waals surface area (Å²) in [5, 5.41) is 22.7. The van der Waals surface area contributed by atoms with E-state index in [9.17, 15) is 10.2 Å². The molecule has 0 aliphatic carbocycles. The molecule has 0 saturated carbocycles. The van der Waals surface area contributed by atoms with Gasteiger partial charge in [0.1, 0.15) is 6.10 Å². The van der Waals surface area contributed by atoms with E-state index in [1.165, 1.54) is 0 Å². The van der Waals surface area contributed by atoms with Gasteiger partial charge in [0.25, 0.3) is 0 Å². The number of H-pyrrole nitrogens is 1. The van der Waals surface area contributed by atoms with Gasteiger partial charge in [0.05, 0.1) is 30.9 Å². The first-order valence-electron chi connectivity index (χ1n) is 5.68. The van der Waals surface area contributed by atoms with Crippen molar-refractivity contribution in [2.75, 3.05) is 6.54 Å². The number of aliphatic hydroxyl groups excluding tert-OH is 2. The highest BCUT2D eigenvalue weighted by molar-refractivity contribution is 5.58. The number of rotatable bonds is 5. The number of nitrogens with zero attached hydrogens (tertiary/aromatic N) is 4. The second kappa shape index (κ2) is 6.01. The number of hydrogen-bond acceptors (Lipinski definition) is 4. The second-order valence-electron chi connectivity index (χ2n) is 4.01. The van der Waals surface area contributed by atoms with E-state index in [4.69, 9.17) is 5.53 Å². The maximum Gasteiger partial charge on any atom is 0.105 e. The minimum Gasteiger partial charge on any atom is -0.390 e. The van der Waals surface area contributed by atoms with Crippen molar-refractivity contribution in [3.63, 3.8) is 0 Å². The molecule has 19 heavy (non-hydrogen) atoms. The largest absolute Gasteiger partial charge is 0.390 e. The van der Waals surface area contributed by atoms with E-state index < -0.39 is 12.2 Å². The first kappa shape index (κ1) is 13.1. The van der Waals surface area contributed by atoms with Crippen molar-refractivity contribution in [3.05, 3.63) is 52.8 Å². The summed E-state index contributed by atoms with van der Waals surface area (Å²) in [5.41, 5.74) is 10.5. The number of nitrogens with one attached hydrogen (secondary N) is 1. The average molecular weight is 259 g/mol. The fourth-order valence-corrected chi connectivity index (χ4v) is 1.72. The van der Waals surface area contributed by atoms with Crippen LogP contribution in [0, 0.1) is 0 Å². The van der Waals surface area contributed by atoms with Crippen LogP contribution in [0.2, 0.25) is 0 Å². The third-order valence-corrected chi connectivity index (χ3v) is 2.76. The summed E-state index contributed by atoms with van der Waals surface area (Å²) < 4.78 is 0. The molecule has 0 spiro atoms. The van der Waals surface area contributed by atoms with Crippen LogP contribution in [0.3, 0.4) is 0 Å². The smallest absolute Gasteiger partial charge is 0.105 e. The highest BCUT2D eigenvalue weighted by atomic mass is 16.3. The molecule has 1 aromatic heterocycles. The zero-order chi connectivity index (χ0) is 13.7. The predicted molar refractivity (Wildman–Crippen MR) is 69.0 cm³/mol. The number of benzene rings is 1. The Labute approximate surface area is 109 Å². The number of aromatic amines is 1. The average Bonchev–Trinajstić information content (AvgIpc) is 2.98. The zero-order valence-corrected chi connectivity index (χ0v) is 10.0. The van der Waals surface area contributed by atoms with Crippen LogP contribution in [0.15, 0.2) is 41.9 Å². The molecule has 1 aromatic carbocycles. The number of azide groups is 1. The fraction of sp³-hybridized carbons (Fsp3) is 0.250. The van der Waals surface area contributed by atoms with Crippen molar-refractivity contribution in [1.82, 2.24) is 9.97 Å². The Morgan fingerprint density at radius 3 is 2.63 bits per heavy atom. The topological polar surface area (TPSA) is 118 Å². The standard InChI is InChI=1S/C12H13N5O2/c13-17-16-6-11(18)12(19)9-3-1-8(2-4-9)10-5-14-7-15-10/h1-5,7,11-12,18-19H,6H2,(H,14,15). The maximum atomic E-state index is 9.88. The molecule has 0 fully saturated rings. The summed E-state index contributed by atoms with van der Waals surface area (Å²) in [7, 11) is 0. The van der Waals surface area contributed by atoms with Gasteiger partial charge in [-0.2, -0.15) is 0 Å². The van der Waals surface area contributed by atoms with Crippen LogP contribution in [0.5, 0.6) is 0 Å². The van der Waals surface area contributed by atoms with Crippen molar-refractivity contribution in [2.24, 2.45) is 5.11 Å². The Hall–Kier alpha value is -2.34. The van der Waals surface area contributed by atoms with Gasteiger partial charge in [0.15, 0.2) is 0 Å². The van der Waals surface area contributed by atoms with Gasteiger partial charge in [0, 0.05) is 4.91 Å². The number of aromatic nitrogens is 2. The lowest BCUT2D eigenvalue weighted by atomic mass is 10.0. The third-order valence-electron chi connectivity index (χ3n) is 2.76. The first-order valence-corrected chi connectivity index (χ1v) is 5.68. The normalized spacial score (nSPS) is 13.6. The molecular formula is C12H13N5O2. The Morgan fingerprint density at radius 2 is 2.05 bits per heavy atom. The van der Waals surface area contributed by atoms with E-state index in [1.807, 2.05) is 12.1 Å². The molecule has 0 radical (unpaired) electrons. The van der Waals surface area contributed by atoms with Crippen LogP contribution in [-0.2, 0) is 0 Å². The van der Waals surface area contributed by atoms with Gasteiger partial charge in [-0.25, -0.2) is 4.98 Å². The molecule has 1 heterocycles. The molecule has 0 amide bonds. The first-order chi connectivity index (χ1) is 9.22. The van der Waals surface area contributed by atoms with E-state index >= 15 is 0 Å². The summed E-state index contributed by atoms with van der Waals surface area (Å²) in [6.45, 7) is -0.167. The molecule has 0 aliphatic rings. The molecule has 3 N–H and O–H groups in total. The van der Waals surface area contributed by atoms with Crippen LogP contribution in [0.1, 0.15) is 11.7 Å².